The maximum Gasteiger partial charge on any atom is 0.227 e. The second kappa shape index (κ2) is 5.10. The third-order valence-corrected chi connectivity index (χ3v) is 4.65. The molecule has 2 saturated heterocycles. The molecule has 110 valence electrons. The van der Waals surface area contributed by atoms with Gasteiger partial charge in [0.25, 0.3) is 0 Å². The Morgan fingerprint density at radius 3 is 3.00 bits per heavy atom. The van der Waals surface area contributed by atoms with Crippen molar-refractivity contribution >= 4 is 29.1 Å². The Bertz CT molecular complexity index is 639. The Balaban J connectivity index is 1.48. The second-order valence-corrected chi connectivity index (χ2v) is 6.04. The summed E-state index contributed by atoms with van der Waals surface area (Å²) in [6, 6.07) is 0.332. The van der Waals surface area contributed by atoms with Crippen LogP contribution in [0.5, 0.6) is 0 Å². The van der Waals surface area contributed by atoms with Crippen molar-refractivity contribution in [1.29, 1.82) is 0 Å². The molecule has 0 aromatic carbocycles. The van der Waals surface area contributed by atoms with E-state index in [1.165, 1.54) is 11.7 Å². The number of anilines is 2. The third kappa shape index (κ3) is 2.29. The lowest BCUT2D eigenvalue weighted by molar-refractivity contribution is -0.117. The summed E-state index contributed by atoms with van der Waals surface area (Å²) in [6.45, 7) is 2.67. The van der Waals surface area contributed by atoms with Crippen molar-refractivity contribution < 1.29 is 4.79 Å². The fraction of sp³-hybridized carbons (Fsp3) is 0.538. The van der Waals surface area contributed by atoms with Gasteiger partial charge in [-0.05, 0) is 12.8 Å². The lowest BCUT2D eigenvalue weighted by atomic mass is 10.3. The van der Waals surface area contributed by atoms with Gasteiger partial charge in [0.05, 0.1) is 35.9 Å². The van der Waals surface area contributed by atoms with Gasteiger partial charge >= 0.3 is 0 Å². The van der Waals surface area contributed by atoms with Crippen molar-refractivity contribution in [2.24, 2.45) is 0 Å². The number of hydrogen-bond donors (Lipinski definition) is 0. The van der Waals surface area contributed by atoms with Crippen molar-refractivity contribution in [3.63, 3.8) is 0 Å². The second-order valence-electron chi connectivity index (χ2n) is 5.48. The third-order valence-electron chi connectivity index (χ3n) is 4.18. The van der Waals surface area contributed by atoms with Gasteiger partial charge in [-0.25, -0.2) is 0 Å². The molecule has 0 aliphatic carbocycles. The highest BCUT2D eigenvalue weighted by Gasteiger charge is 2.28. The average Bonchev–Trinajstić information content (AvgIpc) is 3.25. The van der Waals surface area contributed by atoms with Crippen LogP contribution >= 0.6 is 11.7 Å². The molecule has 4 rings (SSSR count). The van der Waals surface area contributed by atoms with Gasteiger partial charge in [-0.15, -0.1) is 0 Å². The summed E-state index contributed by atoms with van der Waals surface area (Å²) in [5, 5.41) is 4.46. The number of hydrogen-bond acceptors (Lipinski definition) is 6. The average molecular weight is 304 g/mol. The molecule has 21 heavy (non-hydrogen) atoms. The Morgan fingerprint density at radius 1 is 1.29 bits per heavy atom. The molecule has 1 amide bonds. The minimum absolute atomic E-state index is 0.205. The van der Waals surface area contributed by atoms with Crippen LogP contribution in [0.25, 0.3) is 0 Å². The smallest absolute Gasteiger partial charge is 0.227 e. The largest absolute Gasteiger partial charge is 0.352 e. The molecule has 4 heterocycles. The van der Waals surface area contributed by atoms with E-state index in [2.05, 4.69) is 18.7 Å². The molecule has 7 nitrogen and oxygen atoms in total. The van der Waals surface area contributed by atoms with Crippen LogP contribution in [-0.2, 0) is 4.79 Å². The molecule has 2 aliphatic rings. The normalized spacial score (nSPS) is 22.5. The van der Waals surface area contributed by atoms with Crippen molar-refractivity contribution in [1.82, 2.24) is 18.5 Å². The molecule has 0 radical (unpaired) electrons. The zero-order chi connectivity index (χ0) is 14.2. The van der Waals surface area contributed by atoms with Crippen LogP contribution in [0.4, 0.5) is 11.5 Å². The Hall–Kier alpha value is -1.96. The van der Waals surface area contributed by atoms with E-state index in [0.29, 0.717) is 12.5 Å². The van der Waals surface area contributed by atoms with Crippen molar-refractivity contribution in [3.05, 3.63) is 18.6 Å². The number of nitrogens with zero attached hydrogens (tertiary/aromatic N) is 6. The highest BCUT2D eigenvalue weighted by Crippen LogP contribution is 2.28. The van der Waals surface area contributed by atoms with Gasteiger partial charge in [0, 0.05) is 32.3 Å². The first-order chi connectivity index (χ1) is 10.3. The molecule has 1 unspecified atom stereocenters. The highest BCUT2D eigenvalue weighted by molar-refractivity contribution is 6.99. The highest BCUT2D eigenvalue weighted by atomic mass is 32.1. The summed E-state index contributed by atoms with van der Waals surface area (Å²) in [4.78, 5) is 15.8. The molecule has 2 aromatic rings. The number of amides is 1. The Kier molecular flexibility index (Phi) is 3.10. The van der Waals surface area contributed by atoms with Crippen molar-refractivity contribution in [2.75, 3.05) is 29.4 Å². The van der Waals surface area contributed by atoms with Crippen LogP contribution in [0, 0.1) is 0 Å². The van der Waals surface area contributed by atoms with E-state index in [1.807, 2.05) is 22.0 Å². The zero-order valence-electron chi connectivity index (χ0n) is 11.6. The zero-order valence-corrected chi connectivity index (χ0v) is 12.4. The van der Waals surface area contributed by atoms with E-state index >= 15 is 0 Å². The molecule has 2 aliphatic heterocycles. The van der Waals surface area contributed by atoms with Gasteiger partial charge in [-0.3, -0.25) is 9.48 Å². The quantitative estimate of drug-likeness (QED) is 0.855. The predicted molar refractivity (Wildman–Crippen MR) is 79.6 cm³/mol. The molecule has 2 fully saturated rings. The fourth-order valence-electron chi connectivity index (χ4n) is 3.05. The van der Waals surface area contributed by atoms with Gasteiger partial charge in [0.15, 0.2) is 5.82 Å². The standard InChI is InChI=1S/C13H16N6OS/c20-13-2-1-4-18(13)11-6-14-19(9-11)10-3-5-17(8-10)12-7-15-21-16-12/h6-7,9-10H,1-5,8H2. The maximum absolute atomic E-state index is 11.8. The van der Waals surface area contributed by atoms with Crippen LogP contribution in [0.1, 0.15) is 25.3 Å². The maximum atomic E-state index is 11.8. The molecular formula is C13H16N6OS. The first-order valence-corrected chi connectivity index (χ1v) is 7.91. The topological polar surface area (TPSA) is 67.2 Å². The molecule has 2 aromatic heterocycles. The number of carbonyl (C=O) groups is 1. The van der Waals surface area contributed by atoms with Crippen LogP contribution in [0.3, 0.4) is 0 Å². The van der Waals surface area contributed by atoms with E-state index in [0.717, 1.165) is 44.0 Å². The van der Waals surface area contributed by atoms with Crippen molar-refractivity contribution in [3.8, 4) is 0 Å². The van der Waals surface area contributed by atoms with Gasteiger partial charge in [-0.1, -0.05) is 0 Å². The molecule has 0 bridgehead atoms. The summed E-state index contributed by atoms with van der Waals surface area (Å²) in [5.74, 6) is 1.15. The van der Waals surface area contributed by atoms with E-state index in [-0.39, 0.29) is 5.91 Å². The summed E-state index contributed by atoms with van der Waals surface area (Å²) < 4.78 is 10.3. The van der Waals surface area contributed by atoms with Crippen LogP contribution < -0.4 is 9.80 Å². The van der Waals surface area contributed by atoms with E-state index in [1.54, 1.807) is 6.20 Å². The van der Waals surface area contributed by atoms with Gasteiger partial charge in [0.1, 0.15) is 0 Å². The summed E-state index contributed by atoms with van der Waals surface area (Å²) >= 11 is 1.24. The lowest BCUT2D eigenvalue weighted by Crippen LogP contribution is -2.23. The lowest BCUT2D eigenvalue weighted by Gasteiger charge is -2.15. The van der Waals surface area contributed by atoms with E-state index in [9.17, 15) is 4.79 Å². The monoisotopic (exact) mass is 304 g/mol. The molecule has 0 saturated carbocycles. The van der Waals surface area contributed by atoms with E-state index < -0.39 is 0 Å². The fourth-order valence-corrected chi connectivity index (χ4v) is 3.49. The Morgan fingerprint density at radius 2 is 2.24 bits per heavy atom. The SMILES string of the molecule is O=C1CCCN1c1cnn(C2CCN(c3cnsn3)C2)c1. The van der Waals surface area contributed by atoms with Crippen LogP contribution in [0.2, 0.25) is 0 Å². The van der Waals surface area contributed by atoms with Crippen LogP contribution in [0.15, 0.2) is 18.6 Å². The summed E-state index contributed by atoms with van der Waals surface area (Å²) in [7, 11) is 0. The minimum atomic E-state index is 0.205. The summed E-state index contributed by atoms with van der Waals surface area (Å²) in [6.07, 6.45) is 8.24. The molecule has 0 N–H and O–H groups in total. The molecule has 8 heteroatoms. The van der Waals surface area contributed by atoms with Gasteiger partial charge in [0.2, 0.25) is 5.91 Å². The molecule has 1 atom stereocenters. The Labute approximate surface area is 126 Å². The van der Waals surface area contributed by atoms with Crippen LogP contribution in [-0.4, -0.2) is 44.1 Å². The molecule has 0 spiro atoms. The van der Waals surface area contributed by atoms with Crippen molar-refractivity contribution in [2.45, 2.75) is 25.3 Å². The molecular weight excluding hydrogens is 288 g/mol. The van der Waals surface area contributed by atoms with E-state index in [4.69, 9.17) is 0 Å². The number of carbonyl (C=O) groups excluding carboxylic acids is 1. The summed E-state index contributed by atoms with van der Waals surface area (Å²) in [5.41, 5.74) is 0.922. The number of rotatable bonds is 3. The van der Waals surface area contributed by atoms with Gasteiger partial charge < -0.3 is 9.80 Å². The predicted octanol–water partition coefficient (Wildman–Crippen LogP) is 1.31. The number of aromatic nitrogens is 4. The first kappa shape index (κ1) is 12.8. The first-order valence-electron chi connectivity index (χ1n) is 7.18. The minimum Gasteiger partial charge on any atom is -0.352 e. The van der Waals surface area contributed by atoms with Gasteiger partial charge in [-0.2, -0.15) is 13.8 Å².